The highest BCUT2D eigenvalue weighted by atomic mass is 32.1. The number of rotatable bonds is 4. The zero-order valence-corrected chi connectivity index (χ0v) is 16.5. The smallest absolute Gasteiger partial charge is 0.262 e. The van der Waals surface area contributed by atoms with E-state index in [0.717, 1.165) is 32.1 Å². The van der Waals surface area contributed by atoms with Crippen molar-refractivity contribution in [2.75, 3.05) is 13.3 Å². The number of aromatic nitrogens is 1. The summed E-state index contributed by atoms with van der Waals surface area (Å²) in [6.45, 7) is 2.03. The third kappa shape index (κ3) is 3.08. The normalized spacial score (nSPS) is 13.7. The number of hydrogen-bond acceptors (Lipinski definition) is 6. The molecular formula is C22H18N2O4S. The van der Waals surface area contributed by atoms with Crippen molar-refractivity contribution in [3.05, 3.63) is 53.5 Å². The molecule has 0 saturated carbocycles. The number of amides is 1. The first kappa shape index (κ1) is 17.9. The van der Waals surface area contributed by atoms with E-state index in [4.69, 9.17) is 9.47 Å². The second-order valence-electron chi connectivity index (χ2n) is 6.95. The van der Waals surface area contributed by atoms with E-state index in [9.17, 15) is 9.90 Å². The Bertz CT molecular complexity index is 1230. The van der Waals surface area contributed by atoms with Crippen molar-refractivity contribution in [2.45, 2.75) is 13.0 Å². The molecule has 7 heteroatoms. The van der Waals surface area contributed by atoms with E-state index in [0.29, 0.717) is 16.4 Å². The van der Waals surface area contributed by atoms with Gasteiger partial charge in [0.25, 0.3) is 5.91 Å². The third-order valence-electron chi connectivity index (χ3n) is 4.84. The molecule has 0 fully saturated rings. The number of fused-ring (bicyclic) bond motifs is 4. The summed E-state index contributed by atoms with van der Waals surface area (Å²) in [5.74, 6) is 1.15. The minimum atomic E-state index is -0.615. The van der Waals surface area contributed by atoms with Gasteiger partial charge in [-0.15, -0.1) is 11.3 Å². The van der Waals surface area contributed by atoms with Crippen molar-refractivity contribution in [3.8, 4) is 22.6 Å². The number of aliphatic hydroxyl groups is 1. The van der Waals surface area contributed by atoms with Crippen LogP contribution in [-0.4, -0.2) is 35.4 Å². The molecule has 146 valence electrons. The highest BCUT2D eigenvalue weighted by Crippen LogP contribution is 2.44. The molecule has 1 atom stereocenters. The molecule has 2 N–H and O–H groups in total. The zero-order valence-electron chi connectivity index (χ0n) is 15.6. The van der Waals surface area contributed by atoms with Gasteiger partial charge < -0.3 is 19.9 Å². The van der Waals surface area contributed by atoms with Crippen LogP contribution in [0.3, 0.4) is 0 Å². The molecule has 1 aliphatic rings. The second-order valence-corrected chi connectivity index (χ2v) is 7.98. The van der Waals surface area contributed by atoms with Gasteiger partial charge in [0.2, 0.25) is 6.79 Å². The molecule has 1 unspecified atom stereocenters. The van der Waals surface area contributed by atoms with Gasteiger partial charge in [0.15, 0.2) is 11.5 Å². The zero-order chi connectivity index (χ0) is 20.0. The van der Waals surface area contributed by atoms with Crippen LogP contribution in [0.2, 0.25) is 0 Å². The van der Waals surface area contributed by atoms with Crippen LogP contribution in [-0.2, 0) is 0 Å². The minimum absolute atomic E-state index is 0.193. The number of nitrogens with one attached hydrogen (secondary N) is 1. The summed E-state index contributed by atoms with van der Waals surface area (Å²) in [5.41, 5.74) is 2.59. The third-order valence-corrected chi connectivity index (χ3v) is 6.08. The molecule has 0 bridgehead atoms. The average molecular weight is 406 g/mol. The van der Waals surface area contributed by atoms with Crippen molar-refractivity contribution in [3.63, 3.8) is 0 Å². The molecule has 0 spiro atoms. The highest BCUT2D eigenvalue weighted by molar-refractivity contribution is 7.22. The lowest BCUT2D eigenvalue weighted by molar-refractivity contribution is 0.0928. The Morgan fingerprint density at radius 2 is 1.97 bits per heavy atom. The quantitative estimate of drug-likeness (QED) is 0.536. The fourth-order valence-corrected chi connectivity index (χ4v) is 4.73. The number of aliphatic hydroxyl groups excluding tert-OH is 1. The Hall–Kier alpha value is -3.16. The van der Waals surface area contributed by atoms with Crippen LogP contribution in [0.5, 0.6) is 11.5 Å². The predicted molar refractivity (Wildman–Crippen MR) is 113 cm³/mol. The molecule has 0 saturated heterocycles. The van der Waals surface area contributed by atoms with Crippen molar-refractivity contribution < 1.29 is 19.4 Å². The number of nitrogens with zero attached hydrogens (tertiary/aromatic N) is 1. The van der Waals surface area contributed by atoms with Gasteiger partial charge in [0, 0.05) is 39.8 Å². The molecular weight excluding hydrogens is 388 g/mol. The van der Waals surface area contributed by atoms with Gasteiger partial charge in [-0.05, 0) is 18.6 Å². The van der Waals surface area contributed by atoms with E-state index < -0.39 is 6.10 Å². The predicted octanol–water partition coefficient (Wildman–Crippen LogP) is 3.96. The first-order valence-corrected chi connectivity index (χ1v) is 10.1. The summed E-state index contributed by atoms with van der Waals surface area (Å²) >= 11 is 1.42. The van der Waals surface area contributed by atoms with Gasteiger partial charge >= 0.3 is 0 Å². The molecule has 2 aromatic heterocycles. The number of thiophene rings is 1. The largest absolute Gasteiger partial charge is 0.454 e. The number of ether oxygens (including phenoxy) is 2. The topological polar surface area (TPSA) is 80.7 Å². The lowest BCUT2D eigenvalue weighted by Gasteiger charge is -2.08. The monoisotopic (exact) mass is 406 g/mol. The number of carbonyl (C=O) groups excluding carboxylic acids is 1. The van der Waals surface area contributed by atoms with Gasteiger partial charge in [-0.25, -0.2) is 0 Å². The summed E-state index contributed by atoms with van der Waals surface area (Å²) in [4.78, 5) is 18.2. The van der Waals surface area contributed by atoms with Crippen molar-refractivity contribution in [1.82, 2.24) is 10.3 Å². The van der Waals surface area contributed by atoms with Gasteiger partial charge in [-0.1, -0.05) is 30.3 Å². The maximum atomic E-state index is 13.0. The fraction of sp³-hybridized carbons (Fsp3) is 0.182. The van der Waals surface area contributed by atoms with Crippen molar-refractivity contribution >= 4 is 38.2 Å². The molecule has 6 nitrogen and oxygen atoms in total. The van der Waals surface area contributed by atoms with Crippen LogP contribution < -0.4 is 14.8 Å². The van der Waals surface area contributed by atoms with Crippen LogP contribution >= 0.6 is 11.3 Å². The van der Waals surface area contributed by atoms with Crippen LogP contribution in [0.4, 0.5) is 0 Å². The Morgan fingerprint density at radius 1 is 1.21 bits per heavy atom. The molecule has 2 aromatic carbocycles. The average Bonchev–Trinajstić information content (AvgIpc) is 3.35. The summed E-state index contributed by atoms with van der Waals surface area (Å²) in [6.07, 6.45) is 1.19. The number of pyridine rings is 1. The molecule has 0 radical (unpaired) electrons. The molecule has 0 aliphatic carbocycles. The fourth-order valence-electron chi connectivity index (χ4n) is 3.49. The summed E-state index contributed by atoms with van der Waals surface area (Å²) in [6, 6.07) is 13.6. The van der Waals surface area contributed by atoms with Crippen molar-refractivity contribution in [1.29, 1.82) is 0 Å². The van der Waals surface area contributed by atoms with E-state index in [1.807, 2.05) is 48.7 Å². The summed E-state index contributed by atoms with van der Waals surface area (Å²) in [7, 11) is 0. The van der Waals surface area contributed by atoms with Gasteiger partial charge in [0.1, 0.15) is 4.88 Å². The minimum Gasteiger partial charge on any atom is -0.454 e. The maximum Gasteiger partial charge on any atom is 0.262 e. The van der Waals surface area contributed by atoms with Gasteiger partial charge in [-0.2, -0.15) is 0 Å². The number of benzene rings is 2. The Labute approximate surface area is 170 Å². The molecule has 1 amide bonds. The van der Waals surface area contributed by atoms with Crippen LogP contribution in [0.25, 0.3) is 32.1 Å². The number of hydrogen-bond donors (Lipinski definition) is 2. The Balaban J connectivity index is 1.75. The van der Waals surface area contributed by atoms with E-state index >= 15 is 0 Å². The standard InChI is InChI=1S/C22H18N2O4S/c1-12(25)9-24-22(26)21-19(13-5-3-2-4-6-13)15-10-23-16-8-18-17(27-11-28-18)7-14(16)20(15)29-21/h2-8,10,12,25H,9,11H2,1H3,(H,24,26). The maximum absolute atomic E-state index is 13.0. The lowest BCUT2D eigenvalue weighted by atomic mass is 10.0. The lowest BCUT2D eigenvalue weighted by Crippen LogP contribution is -2.30. The van der Waals surface area contributed by atoms with Gasteiger partial charge in [0.05, 0.1) is 11.6 Å². The van der Waals surface area contributed by atoms with Gasteiger partial charge in [-0.3, -0.25) is 9.78 Å². The highest BCUT2D eigenvalue weighted by Gasteiger charge is 2.23. The van der Waals surface area contributed by atoms with Crippen molar-refractivity contribution in [2.24, 2.45) is 0 Å². The second kappa shape index (κ2) is 7.02. The Kier molecular flexibility index (Phi) is 4.34. The van der Waals surface area contributed by atoms with E-state index in [1.165, 1.54) is 11.3 Å². The molecule has 5 rings (SSSR count). The van der Waals surface area contributed by atoms with Crippen LogP contribution in [0.15, 0.2) is 48.7 Å². The first-order valence-electron chi connectivity index (χ1n) is 9.28. The molecule has 4 aromatic rings. The first-order chi connectivity index (χ1) is 14.1. The van der Waals surface area contributed by atoms with Crippen LogP contribution in [0.1, 0.15) is 16.6 Å². The van der Waals surface area contributed by atoms with Crippen LogP contribution in [0, 0.1) is 0 Å². The van der Waals surface area contributed by atoms with E-state index in [2.05, 4.69) is 10.3 Å². The summed E-state index contributed by atoms with van der Waals surface area (Å²) in [5, 5.41) is 14.2. The molecule has 1 aliphatic heterocycles. The Morgan fingerprint density at radius 3 is 2.72 bits per heavy atom. The SMILES string of the molecule is CC(O)CNC(=O)c1sc2c(cnc3cc4c(cc32)OCO4)c1-c1ccccc1. The molecule has 3 heterocycles. The van der Waals surface area contributed by atoms with E-state index in [1.54, 1.807) is 6.92 Å². The molecule has 29 heavy (non-hydrogen) atoms. The summed E-state index contributed by atoms with van der Waals surface area (Å²) < 4.78 is 12.0. The van der Waals surface area contributed by atoms with E-state index in [-0.39, 0.29) is 19.2 Å². The number of carbonyl (C=O) groups is 1.